The molecule has 36 heavy (non-hydrogen) atoms. The molecule has 0 spiro atoms. The average molecular weight is 510 g/mol. The first kappa shape index (κ1) is 23.6. The van der Waals surface area contributed by atoms with Crippen molar-refractivity contribution in [3.8, 4) is 22.8 Å². The van der Waals surface area contributed by atoms with E-state index in [1.54, 1.807) is 25.4 Å². The number of aromatic nitrogens is 6. The zero-order chi connectivity index (χ0) is 25.4. The van der Waals surface area contributed by atoms with Crippen molar-refractivity contribution in [1.29, 1.82) is 5.41 Å². The summed E-state index contributed by atoms with van der Waals surface area (Å²) in [5.74, 6) is -2.57. The second kappa shape index (κ2) is 9.15. The van der Waals surface area contributed by atoms with Gasteiger partial charge in [-0.15, -0.1) is 10.2 Å². The third kappa shape index (κ3) is 4.01. The molecular weight excluding hydrogens is 488 g/mol. The van der Waals surface area contributed by atoms with Gasteiger partial charge in [-0.05, 0) is 30.7 Å². The third-order valence-electron chi connectivity index (χ3n) is 5.94. The van der Waals surface area contributed by atoms with E-state index in [0.29, 0.717) is 35.5 Å². The van der Waals surface area contributed by atoms with Gasteiger partial charge in [0.05, 0.1) is 16.4 Å². The molecule has 0 atom stereocenters. The van der Waals surface area contributed by atoms with Gasteiger partial charge in [0.15, 0.2) is 5.82 Å². The van der Waals surface area contributed by atoms with Gasteiger partial charge in [-0.3, -0.25) is 0 Å². The molecule has 3 N–H and O–H groups in total. The van der Waals surface area contributed by atoms with E-state index >= 15 is 8.78 Å². The topological polar surface area (TPSA) is 109 Å². The highest BCUT2D eigenvalue weighted by Crippen LogP contribution is 2.41. The van der Waals surface area contributed by atoms with Crippen LogP contribution in [0.15, 0.2) is 54.6 Å². The summed E-state index contributed by atoms with van der Waals surface area (Å²) >= 11 is 6.07. The van der Waals surface area contributed by atoms with E-state index in [1.807, 2.05) is 23.8 Å². The van der Waals surface area contributed by atoms with E-state index in [0.717, 1.165) is 17.3 Å². The molecule has 0 bridgehead atoms. The lowest BCUT2D eigenvalue weighted by Crippen LogP contribution is -2.25. The molecule has 0 amide bonds. The van der Waals surface area contributed by atoms with Gasteiger partial charge < -0.3 is 25.2 Å². The zero-order valence-electron chi connectivity index (χ0n) is 19.4. The molecule has 3 aromatic heterocycles. The Morgan fingerprint density at radius 2 is 2.03 bits per heavy atom. The van der Waals surface area contributed by atoms with Gasteiger partial charge in [0.25, 0.3) is 0 Å². The van der Waals surface area contributed by atoms with E-state index < -0.39 is 11.7 Å². The quantitative estimate of drug-likeness (QED) is 0.318. The number of hydrogen-bond acceptors (Lipinski definition) is 7. The summed E-state index contributed by atoms with van der Waals surface area (Å²) in [6.45, 7) is 2.65. The monoisotopic (exact) mass is 509 g/mol. The Hall–Kier alpha value is -4.12. The minimum absolute atomic E-state index is 0.0261. The van der Waals surface area contributed by atoms with Gasteiger partial charge in [-0.2, -0.15) is 8.78 Å². The van der Waals surface area contributed by atoms with E-state index in [-0.39, 0.29) is 17.1 Å². The van der Waals surface area contributed by atoms with Gasteiger partial charge >= 0.3 is 5.92 Å². The Labute approximate surface area is 210 Å². The normalized spacial score (nSPS) is 13.2. The molecule has 9 nitrogen and oxygen atoms in total. The first-order valence-corrected chi connectivity index (χ1v) is 11.5. The summed E-state index contributed by atoms with van der Waals surface area (Å²) in [6, 6.07) is 7.73. The summed E-state index contributed by atoms with van der Waals surface area (Å²) in [5.41, 5.74) is 2.69. The first-order valence-electron chi connectivity index (χ1n) is 11.1. The van der Waals surface area contributed by atoms with Crippen molar-refractivity contribution in [2.24, 2.45) is 0 Å². The number of anilines is 1. The van der Waals surface area contributed by atoms with E-state index in [4.69, 9.17) is 17.0 Å². The molecule has 0 radical (unpaired) electrons. The van der Waals surface area contributed by atoms with Crippen molar-refractivity contribution in [3.63, 3.8) is 0 Å². The Morgan fingerprint density at radius 3 is 2.78 bits per heavy atom. The van der Waals surface area contributed by atoms with Crippen LogP contribution in [0.3, 0.4) is 0 Å². The SMILES string of the molecule is CN/C(=C\C=N)Nc1ncc(C)c(-c2cc3n(c2)CCn2c-3nnc2C(F)(F)c2ccccc2Cl)n1. The fourth-order valence-electron chi connectivity index (χ4n) is 4.18. The number of benzene rings is 1. The smallest absolute Gasteiger partial charge is 0.333 e. The maximum absolute atomic E-state index is 15.4. The molecule has 184 valence electrons. The predicted molar refractivity (Wildman–Crippen MR) is 133 cm³/mol. The number of alkyl halides is 2. The standard InChI is InChI=1S/C24H22ClF2N9/c1-14-12-30-23(31-19(29-2)7-8-28)32-20(14)15-11-18-21-33-34-22(36(21)10-9-35(18)13-15)24(26,27)16-5-3-4-6-17(16)25/h3-8,11-13,28-29H,9-10H2,1-2H3,(H,30,31,32)/b19-7+,28-8?. The summed E-state index contributed by atoms with van der Waals surface area (Å²) in [4.78, 5) is 8.95. The molecule has 4 aromatic rings. The molecule has 12 heteroatoms. The van der Waals surface area contributed by atoms with Crippen molar-refractivity contribution < 1.29 is 8.78 Å². The van der Waals surface area contributed by atoms with Gasteiger partial charge in [0.2, 0.25) is 11.8 Å². The van der Waals surface area contributed by atoms with E-state index in [2.05, 4.69) is 30.8 Å². The van der Waals surface area contributed by atoms with Crippen molar-refractivity contribution >= 4 is 23.8 Å². The zero-order valence-corrected chi connectivity index (χ0v) is 20.2. The molecule has 1 aliphatic heterocycles. The minimum Gasteiger partial charge on any atom is -0.375 e. The number of aryl methyl sites for hydroxylation is 2. The highest BCUT2D eigenvalue weighted by Gasteiger charge is 2.43. The number of hydrogen-bond donors (Lipinski definition) is 3. The van der Waals surface area contributed by atoms with Crippen LogP contribution < -0.4 is 10.6 Å². The second-order valence-corrected chi connectivity index (χ2v) is 8.61. The van der Waals surface area contributed by atoms with Gasteiger partial charge in [0, 0.05) is 49.9 Å². The maximum atomic E-state index is 15.4. The van der Waals surface area contributed by atoms with Crippen LogP contribution in [0.4, 0.5) is 14.7 Å². The molecule has 1 aliphatic rings. The molecule has 0 unspecified atom stereocenters. The Balaban J connectivity index is 1.52. The van der Waals surface area contributed by atoms with Crippen molar-refractivity contribution in [1.82, 2.24) is 34.6 Å². The lowest BCUT2D eigenvalue weighted by atomic mass is 10.1. The van der Waals surface area contributed by atoms with Crippen LogP contribution in [-0.2, 0) is 19.0 Å². The Morgan fingerprint density at radius 1 is 1.22 bits per heavy atom. The number of allylic oxidation sites excluding steroid dienone is 1. The number of nitrogens with one attached hydrogen (secondary N) is 3. The largest absolute Gasteiger partial charge is 0.375 e. The number of rotatable bonds is 7. The van der Waals surface area contributed by atoms with Crippen LogP contribution in [0.2, 0.25) is 5.02 Å². The maximum Gasteiger partial charge on any atom is 0.333 e. The van der Waals surface area contributed by atoms with Gasteiger partial charge in [-0.25, -0.2) is 9.97 Å². The fourth-order valence-corrected chi connectivity index (χ4v) is 4.43. The van der Waals surface area contributed by atoms with E-state index in [1.165, 1.54) is 22.8 Å². The van der Waals surface area contributed by atoms with Gasteiger partial charge in [-0.1, -0.05) is 29.8 Å². The van der Waals surface area contributed by atoms with Crippen molar-refractivity contribution in [3.05, 3.63) is 76.6 Å². The summed E-state index contributed by atoms with van der Waals surface area (Å²) < 4.78 is 34.3. The first-order chi connectivity index (χ1) is 17.3. The third-order valence-corrected chi connectivity index (χ3v) is 6.27. The Kier molecular flexibility index (Phi) is 6.00. The summed E-state index contributed by atoms with van der Waals surface area (Å²) in [6.07, 6.45) is 6.31. The number of nitrogens with zero attached hydrogens (tertiary/aromatic N) is 6. The minimum atomic E-state index is -3.40. The van der Waals surface area contributed by atoms with Crippen molar-refractivity contribution in [2.75, 3.05) is 12.4 Å². The number of halogens is 3. The highest BCUT2D eigenvalue weighted by molar-refractivity contribution is 6.31. The van der Waals surface area contributed by atoms with Crippen molar-refractivity contribution in [2.45, 2.75) is 25.9 Å². The fraction of sp³-hybridized carbons (Fsp3) is 0.208. The van der Waals surface area contributed by atoms with Crippen LogP contribution >= 0.6 is 11.6 Å². The highest BCUT2D eigenvalue weighted by atomic mass is 35.5. The molecule has 0 saturated carbocycles. The molecule has 4 heterocycles. The van der Waals surface area contributed by atoms with Crippen LogP contribution in [-0.4, -0.2) is 42.6 Å². The number of fused-ring (bicyclic) bond motifs is 3. The molecule has 0 saturated heterocycles. The summed E-state index contributed by atoms with van der Waals surface area (Å²) in [7, 11) is 1.72. The molecule has 0 aliphatic carbocycles. The van der Waals surface area contributed by atoms with E-state index in [9.17, 15) is 0 Å². The van der Waals surface area contributed by atoms with Crippen LogP contribution in [0.1, 0.15) is 17.0 Å². The average Bonchev–Trinajstić information content (AvgIpc) is 3.49. The van der Waals surface area contributed by atoms with Gasteiger partial charge in [0.1, 0.15) is 5.82 Å². The summed E-state index contributed by atoms with van der Waals surface area (Å²) in [5, 5.41) is 21.2. The molecule has 1 aromatic carbocycles. The Bertz CT molecular complexity index is 1490. The molecule has 5 rings (SSSR count). The van der Waals surface area contributed by atoms with Crippen LogP contribution in [0, 0.1) is 12.3 Å². The molecular formula is C24H22ClF2N9. The predicted octanol–water partition coefficient (Wildman–Crippen LogP) is 4.44. The second-order valence-electron chi connectivity index (χ2n) is 8.21. The van der Waals surface area contributed by atoms with Crippen LogP contribution in [0.5, 0.6) is 0 Å². The lowest BCUT2D eigenvalue weighted by molar-refractivity contribution is 0.0284. The van der Waals surface area contributed by atoms with Crippen LogP contribution in [0.25, 0.3) is 22.8 Å². The molecule has 0 fully saturated rings. The lowest BCUT2D eigenvalue weighted by Gasteiger charge is -2.22.